The number of carbonyl (C=O) groups excluding carboxylic acids is 2. The first kappa shape index (κ1) is 16.6. The Labute approximate surface area is 108 Å². The Kier molecular flexibility index (Phi) is 8.88. The fraction of sp³-hybridized carbons (Fsp3) is 0.769. The lowest BCUT2D eigenvalue weighted by atomic mass is 9.96. The van der Waals surface area contributed by atoms with E-state index in [1.165, 1.54) is 0 Å². The summed E-state index contributed by atoms with van der Waals surface area (Å²) in [5.41, 5.74) is 0. The van der Waals surface area contributed by atoms with Gasteiger partial charge in [0.25, 0.3) is 0 Å². The topological polar surface area (TPSA) is 83.5 Å². The summed E-state index contributed by atoms with van der Waals surface area (Å²) in [6, 6.07) is -0.988. The molecule has 1 amide bonds. The molecule has 0 heterocycles. The lowest BCUT2D eigenvalue weighted by Crippen LogP contribution is -2.41. The SMILES string of the molecule is CCC[C@H](CC)CC(=O)N[C@H](CC[C]=O)C(=O)O. The molecule has 5 heteroatoms. The molecule has 0 aromatic carbocycles. The molecule has 0 fully saturated rings. The summed E-state index contributed by atoms with van der Waals surface area (Å²) < 4.78 is 0. The lowest BCUT2D eigenvalue weighted by molar-refractivity contribution is -0.142. The smallest absolute Gasteiger partial charge is 0.326 e. The summed E-state index contributed by atoms with van der Waals surface area (Å²) in [5.74, 6) is -1.07. The van der Waals surface area contributed by atoms with E-state index in [2.05, 4.69) is 12.2 Å². The second-order valence-corrected chi connectivity index (χ2v) is 4.41. The van der Waals surface area contributed by atoms with Gasteiger partial charge in [0, 0.05) is 12.8 Å². The van der Waals surface area contributed by atoms with Crippen LogP contribution in [-0.2, 0) is 14.4 Å². The van der Waals surface area contributed by atoms with Crippen LogP contribution < -0.4 is 5.32 Å². The molecule has 5 nitrogen and oxygen atoms in total. The largest absolute Gasteiger partial charge is 0.480 e. The van der Waals surface area contributed by atoms with Crippen molar-refractivity contribution < 1.29 is 19.5 Å². The standard InChI is InChI=1S/C13H22NO4/c1-3-6-10(4-2)9-12(16)14-11(13(17)18)7-5-8-15/h10-11H,3-7,9H2,1-2H3,(H,14,16)(H,17,18)/t10-,11+/m0/s1. The molecule has 0 aliphatic heterocycles. The first-order chi connectivity index (χ1) is 8.54. The molecule has 2 atom stereocenters. The van der Waals surface area contributed by atoms with Crippen LogP contribution in [0.5, 0.6) is 0 Å². The second-order valence-electron chi connectivity index (χ2n) is 4.41. The molecule has 18 heavy (non-hydrogen) atoms. The van der Waals surface area contributed by atoms with Gasteiger partial charge in [-0.15, -0.1) is 0 Å². The fourth-order valence-corrected chi connectivity index (χ4v) is 1.83. The summed E-state index contributed by atoms with van der Waals surface area (Å²) in [7, 11) is 0. The third-order valence-corrected chi connectivity index (χ3v) is 2.92. The molecule has 0 aromatic rings. The molecule has 0 saturated heterocycles. The van der Waals surface area contributed by atoms with E-state index >= 15 is 0 Å². The van der Waals surface area contributed by atoms with E-state index < -0.39 is 12.0 Å². The maximum absolute atomic E-state index is 11.7. The number of carbonyl (C=O) groups is 2. The molecule has 0 aromatic heterocycles. The maximum atomic E-state index is 11.7. The Balaban J connectivity index is 4.23. The van der Waals surface area contributed by atoms with Gasteiger partial charge in [-0.05, 0) is 12.3 Å². The number of carboxylic acids is 1. The highest BCUT2D eigenvalue weighted by Crippen LogP contribution is 2.15. The predicted octanol–water partition coefficient (Wildman–Crippen LogP) is 1.66. The zero-order chi connectivity index (χ0) is 14.0. The quantitative estimate of drug-likeness (QED) is 0.622. The lowest BCUT2D eigenvalue weighted by Gasteiger charge is -2.17. The first-order valence-electron chi connectivity index (χ1n) is 6.42. The van der Waals surface area contributed by atoms with Crippen molar-refractivity contribution in [1.82, 2.24) is 5.32 Å². The molecule has 0 spiro atoms. The van der Waals surface area contributed by atoms with Crippen molar-refractivity contribution in [2.45, 2.75) is 58.4 Å². The summed E-state index contributed by atoms with van der Waals surface area (Å²) in [6.45, 7) is 4.07. The van der Waals surface area contributed by atoms with E-state index in [-0.39, 0.29) is 18.7 Å². The molecule has 2 N–H and O–H groups in total. The van der Waals surface area contributed by atoms with E-state index in [1.807, 2.05) is 6.92 Å². The summed E-state index contributed by atoms with van der Waals surface area (Å²) in [5, 5.41) is 11.4. The van der Waals surface area contributed by atoms with Crippen LogP contribution in [0.3, 0.4) is 0 Å². The number of carboxylic acid groups (broad SMARTS) is 1. The van der Waals surface area contributed by atoms with Gasteiger partial charge in [0.15, 0.2) is 6.29 Å². The van der Waals surface area contributed by atoms with E-state index in [0.717, 1.165) is 19.3 Å². The molecular weight excluding hydrogens is 234 g/mol. The summed E-state index contributed by atoms with van der Waals surface area (Å²) in [4.78, 5) is 32.7. The number of amides is 1. The third-order valence-electron chi connectivity index (χ3n) is 2.92. The van der Waals surface area contributed by atoms with E-state index in [1.54, 1.807) is 6.29 Å². The monoisotopic (exact) mass is 256 g/mol. The van der Waals surface area contributed by atoms with Gasteiger partial charge in [-0.25, -0.2) is 4.79 Å². The minimum atomic E-state index is -1.11. The predicted molar refractivity (Wildman–Crippen MR) is 67.8 cm³/mol. The molecule has 0 aliphatic carbocycles. The van der Waals surface area contributed by atoms with Gasteiger partial charge < -0.3 is 10.4 Å². The van der Waals surface area contributed by atoms with Crippen LogP contribution >= 0.6 is 0 Å². The van der Waals surface area contributed by atoms with Crippen LogP contribution in [0, 0.1) is 5.92 Å². The summed E-state index contributed by atoms with van der Waals surface area (Å²) >= 11 is 0. The van der Waals surface area contributed by atoms with Gasteiger partial charge in [0.05, 0.1) is 0 Å². The van der Waals surface area contributed by atoms with Gasteiger partial charge >= 0.3 is 5.97 Å². The van der Waals surface area contributed by atoms with Crippen LogP contribution in [0.25, 0.3) is 0 Å². The Morgan fingerprint density at radius 2 is 1.94 bits per heavy atom. The van der Waals surface area contributed by atoms with Gasteiger partial charge in [0.2, 0.25) is 5.91 Å². The molecule has 1 radical (unpaired) electrons. The first-order valence-corrected chi connectivity index (χ1v) is 6.42. The molecule has 0 unspecified atom stereocenters. The number of aliphatic carboxylic acids is 1. The number of rotatable bonds is 10. The molecule has 0 rings (SSSR count). The van der Waals surface area contributed by atoms with Crippen molar-refractivity contribution in [3.8, 4) is 0 Å². The normalized spacial score (nSPS) is 13.7. The van der Waals surface area contributed by atoms with Crippen molar-refractivity contribution in [3.63, 3.8) is 0 Å². The molecule has 103 valence electrons. The van der Waals surface area contributed by atoms with Gasteiger partial charge in [-0.2, -0.15) is 0 Å². The Morgan fingerprint density at radius 1 is 1.28 bits per heavy atom. The van der Waals surface area contributed by atoms with Gasteiger partial charge in [-0.1, -0.05) is 33.1 Å². The summed E-state index contributed by atoms with van der Waals surface area (Å²) in [6.07, 6.45) is 4.96. The fourth-order valence-electron chi connectivity index (χ4n) is 1.83. The third kappa shape index (κ3) is 7.04. The zero-order valence-electron chi connectivity index (χ0n) is 11.1. The van der Waals surface area contributed by atoms with Crippen LogP contribution in [0.15, 0.2) is 0 Å². The number of hydrogen-bond acceptors (Lipinski definition) is 3. The molecular formula is C13H22NO4. The average molecular weight is 256 g/mol. The van der Waals surface area contributed by atoms with Gasteiger partial charge in [-0.3, -0.25) is 9.59 Å². The van der Waals surface area contributed by atoms with Crippen molar-refractivity contribution >= 4 is 18.2 Å². The average Bonchev–Trinajstić information content (AvgIpc) is 2.33. The molecule has 0 bridgehead atoms. The van der Waals surface area contributed by atoms with Crippen molar-refractivity contribution in [3.05, 3.63) is 0 Å². The molecule has 0 saturated carbocycles. The van der Waals surface area contributed by atoms with Crippen molar-refractivity contribution in [2.24, 2.45) is 5.92 Å². The Hall–Kier alpha value is -1.39. The van der Waals surface area contributed by atoms with Crippen molar-refractivity contribution in [2.75, 3.05) is 0 Å². The second kappa shape index (κ2) is 9.62. The highest BCUT2D eigenvalue weighted by molar-refractivity contribution is 5.83. The van der Waals surface area contributed by atoms with Crippen LogP contribution in [0.4, 0.5) is 0 Å². The zero-order valence-corrected chi connectivity index (χ0v) is 11.1. The minimum Gasteiger partial charge on any atom is -0.480 e. The van der Waals surface area contributed by atoms with E-state index in [9.17, 15) is 14.4 Å². The number of hydrogen-bond donors (Lipinski definition) is 2. The van der Waals surface area contributed by atoms with Crippen molar-refractivity contribution in [1.29, 1.82) is 0 Å². The Bertz CT molecular complexity index is 278. The van der Waals surface area contributed by atoms with Crippen LogP contribution in [0.2, 0.25) is 0 Å². The minimum absolute atomic E-state index is 0.0173. The van der Waals surface area contributed by atoms with Crippen LogP contribution in [-0.4, -0.2) is 29.3 Å². The number of nitrogens with one attached hydrogen (secondary N) is 1. The highest BCUT2D eigenvalue weighted by atomic mass is 16.4. The van der Waals surface area contributed by atoms with E-state index in [4.69, 9.17) is 5.11 Å². The van der Waals surface area contributed by atoms with Gasteiger partial charge in [0.1, 0.15) is 6.04 Å². The Morgan fingerprint density at radius 3 is 2.39 bits per heavy atom. The van der Waals surface area contributed by atoms with Crippen LogP contribution in [0.1, 0.15) is 52.4 Å². The van der Waals surface area contributed by atoms with E-state index in [0.29, 0.717) is 12.3 Å². The maximum Gasteiger partial charge on any atom is 0.326 e. The molecule has 0 aliphatic rings. The highest BCUT2D eigenvalue weighted by Gasteiger charge is 2.20.